The third kappa shape index (κ3) is 5.16. The first-order valence-corrected chi connectivity index (χ1v) is 6.92. The molecule has 0 saturated carbocycles. The molecule has 2 N–H and O–H groups in total. The Hall–Kier alpha value is -1.03. The van der Waals surface area contributed by atoms with Gasteiger partial charge in [0, 0.05) is 6.04 Å². The Morgan fingerprint density at radius 1 is 1.15 bits per heavy atom. The highest BCUT2D eigenvalue weighted by molar-refractivity contribution is 5.26. The molecule has 114 valence electrons. The van der Waals surface area contributed by atoms with E-state index in [9.17, 15) is 13.2 Å². The van der Waals surface area contributed by atoms with Gasteiger partial charge >= 0.3 is 6.18 Å². The van der Waals surface area contributed by atoms with E-state index in [1.807, 2.05) is 0 Å². The Labute approximate surface area is 119 Å². The minimum atomic E-state index is -4.29. The molecule has 20 heavy (non-hydrogen) atoms. The van der Waals surface area contributed by atoms with E-state index < -0.39 is 11.7 Å². The summed E-state index contributed by atoms with van der Waals surface area (Å²) in [6, 6.07) is 5.32. The van der Waals surface area contributed by atoms with Gasteiger partial charge in [-0.3, -0.25) is 0 Å². The molecule has 0 spiro atoms. The Morgan fingerprint density at radius 3 is 2.25 bits per heavy atom. The average Bonchev–Trinajstić information content (AvgIpc) is 2.26. The molecule has 0 aliphatic rings. The van der Waals surface area contributed by atoms with E-state index in [4.69, 9.17) is 5.73 Å². The molecule has 1 rings (SSSR count). The maximum Gasteiger partial charge on any atom is 0.416 e. The highest BCUT2D eigenvalue weighted by Gasteiger charge is 2.30. The molecule has 0 aliphatic carbocycles. The third-order valence-corrected chi connectivity index (χ3v) is 3.89. The minimum absolute atomic E-state index is 0.118. The predicted octanol–water partition coefficient (Wildman–Crippen LogP) is 4.65. The van der Waals surface area contributed by atoms with Gasteiger partial charge in [-0.15, -0.1) is 0 Å². The number of hydrogen-bond acceptors (Lipinski definition) is 1. The smallest absolute Gasteiger partial charge is 0.327 e. The van der Waals surface area contributed by atoms with Crippen molar-refractivity contribution in [2.45, 2.75) is 52.8 Å². The summed E-state index contributed by atoms with van der Waals surface area (Å²) >= 11 is 0. The highest BCUT2D eigenvalue weighted by Crippen LogP contribution is 2.31. The van der Waals surface area contributed by atoms with Gasteiger partial charge in [0.25, 0.3) is 0 Å². The summed E-state index contributed by atoms with van der Waals surface area (Å²) in [5.41, 5.74) is 6.28. The predicted molar refractivity (Wildman–Crippen MR) is 76.4 cm³/mol. The fourth-order valence-electron chi connectivity index (χ4n) is 2.07. The summed E-state index contributed by atoms with van der Waals surface area (Å²) in [6.45, 7) is 8.57. The van der Waals surface area contributed by atoms with Crippen molar-refractivity contribution in [2.24, 2.45) is 17.1 Å². The monoisotopic (exact) mass is 287 g/mol. The van der Waals surface area contributed by atoms with Gasteiger partial charge in [-0.05, 0) is 35.8 Å². The van der Waals surface area contributed by atoms with Crippen LogP contribution in [0.3, 0.4) is 0 Å². The molecule has 4 heteroatoms. The second-order valence-corrected chi connectivity index (χ2v) is 6.67. The second kappa shape index (κ2) is 6.17. The van der Waals surface area contributed by atoms with E-state index in [1.54, 1.807) is 6.07 Å². The van der Waals surface area contributed by atoms with Crippen molar-refractivity contribution in [3.63, 3.8) is 0 Å². The summed E-state index contributed by atoms with van der Waals surface area (Å²) in [7, 11) is 0. The zero-order chi connectivity index (χ0) is 15.6. The fourth-order valence-corrected chi connectivity index (χ4v) is 2.07. The number of alkyl halides is 3. The molecule has 0 amide bonds. The largest absolute Gasteiger partial charge is 0.416 e. The SMILES string of the molecule is CC(CC(N)Cc1cccc(C(F)(F)F)c1)C(C)(C)C. The van der Waals surface area contributed by atoms with Crippen molar-refractivity contribution < 1.29 is 13.2 Å². The number of halogens is 3. The van der Waals surface area contributed by atoms with E-state index in [-0.39, 0.29) is 11.5 Å². The molecule has 0 saturated heterocycles. The molecule has 0 radical (unpaired) electrons. The molecule has 0 aliphatic heterocycles. The van der Waals surface area contributed by atoms with Crippen LogP contribution in [0.1, 0.15) is 45.2 Å². The van der Waals surface area contributed by atoms with Gasteiger partial charge in [-0.2, -0.15) is 13.2 Å². The van der Waals surface area contributed by atoms with Gasteiger partial charge in [-0.1, -0.05) is 45.9 Å². The van der Waals surface area contributed by atoms with Crippen LogP contribution in [0.4, 0.5) is 13.2 Å². The van der Waals surface area contributed by atoms with Gasteiger partial charge < -0.3 is 5.73 Å². The molecule has 1 nitrogen and oxygen atoms in total. The van der Waals surface area contributed by atoms with Crippen LogP contribution in [0, 0.1) is 11.3 Å². The summed E-state index contributed by atoms with van der Waals surface area (Å²) in [4.78, 5) is 0. The van der Waals surface area contributed by atoms with Crippen molar-refractivity contribution in [3.8, 4) is 0 Å². The standard InChI is InChI=1S/C16H24F3N/c1-11(15(2,3)4)8-14(20)10-12-6-5-7-13(9-12)16(17,18)19/h5-7,9,11,14H,8,10,20H2,1-4H3. The van der Waals surface area contributed by atoms with E-state index in [1.165, 1.54) is 12.1 Å². The first kappa shape index (κ1) is 17.0. The maximum atomic E-state index is 12.6. The zero-order valence-corrected chi connectivity index (χ0v) is 12.6. The number of hydrogen-bond donors (Lipinski definition) is 1. The Morgan fingerprint density at radius 2 is 1.75 bits per heavy atom. The van der Waals surface area contributed by atoms with Crippen LogP contribution in [-0.2, 0) is 12.6 Å². The molecule has 0 heterocycles. The Balaban J connectivity index is 2.69. The van der Waals surface area contributed by atoms with Crippen molar-refractivity contribution >= 4 is 0 Å². The van der Waals surface area contributed by atoms with Gasteiger partial charge in [0.15, 0.2) is 0 Å². The lowest BCUT2D eigenvalue weighted by Crippen LogP contribution is -2.30. The van der Waals surface area contributed by atoms with Gasteiger partial charge in [0.05, 0.1) is 5.56 Å². The normalized spacial score (nSPS) is 16.0. The average molecular weight is 287 g/mol. The quantitative estimate of drug-likeness (QED) is 0.857. The van der Waals surface area contributed by atoms with Crippen LogP contribution in [0.15, 0.2) is 24.3 Å². The first-order valence-electron chi connectivity index (χ1n) is 6.92. The van der Waals surface area contributed by atoms with Crippen LogP contribution >= 0.6 is 0 Å². The van der Waals surface area contributed by atoms with Crippen LogP contribution in [0.5, 0.6) is 0 Å². The molecule has 1 aromatic rings. The summed E-state index contributed by atoms with van der Waals surface area (Å²) in [6.07, 6.45) is -3.01. The van der Waals surface area contributed by atoms with Crippen LogP contribution < -0.4 is 5.73 Å². The molecule has 0 bridgehead atoms. The van der Waals surface area contributed by atoms with Crippen molar-refractivity contribution in [1.29, 1.82) is 0 Å². The first-order chi connectivity index (χ1) is 9.00. The van der Waals surface area contributed by atoms with Gasteiger partial charge in [-0.25, -0.2) is 0 Å². The second-order valence-electron chi connectivity index (χ2n) is 6.67. The topological polar surface area (TPSA) is 26.0 Å². The molecule has 2 unspecified atom stereocenters. The summed E-state index contributed by atoms with van der Waals surface area (Å²) in [5, 5.41) is 0. The number of nitrogens with two attached hydrogens (primary N) is 1. The van der Waals surface area contributed by atoms with Gasteiger partial charge in [0.2, 0.25) is 0 Å². The van der Waals surface area contributed by atoms with Crippen molar-refractivity contribution in [1.82, 2.24) is 0 Å². The third-order valence-electron chi connectivity index (χ3n) is 3.89. The number of rotatable bonds is 4. The van der Waals surface area contributed by atoms with Crippen LogP contribution in [0.2, 0.25) is 0 Å². The molecular weight excluding hydrogens is 263 g/mol. The maximum absolute atomic E-state index is 12.6. The lowest BCUT2D eigenvalue weighted by molar-refractivity contribution is -0.137. The fraction of sp³-hybridized carbons (Fsp3) is 0.625. The van der Waals surface area contributed by atoms with Crippen molar-refractivity contribution in [3.05, 3.63) is 35.4 Å². The van der Waals surface area contributed by atoms with E-state index in [0.29, 0.717) is 17.9 Å². The highest BCUT2D eigenvalue weighted by atomic mass is 19.4. The molecular formula is C16H24F3N. The Bertz CT molecular complexity index is 432. The Kier molecular flexibility index (Phi) is 5.25. The van der Waals surface area contributed by atoms with Crippen molar-refractivity contribution in [2.75, 3.05) is 0 Å². The minimum Gasteiger partial charge on any atom is -0.327 e. The number of benzene rings is 1. The zero-order valence-electron chi connectivity index (χ0n) is 12.6. The van der Waals surface area contributed by atoms with Crippen LogP contribution in [0.25, 0.3) is 0 Å². The molecule has 0 fully saturated rings. The van der Waals surface area contributed by atoms with Crippen LogP contribution in [-0.4, -0.2) is 6.04 Å². The lowest BCUT2D eigenvalue weighted by Gasteiger charge is -2.29. The molecule has 1 aromatic carbocycles. The van der Waals surface area contributed by atoms with Gasteiger partial charge in [0.1, 0.15) is 0 Å². The summed E-state index contributed by atoms with van der Waals surface area (Å²) in [5.74, 6) is 0.420. The lowest BCUT2D eigenvalue weighted by atomic mass is 9.78. The molecule has 0 aromatic heterocycles. The van der Waals surface area contributed by atoms with E-state index in [2.05, 4.69) is 27.7 Å². The van der Waals surface area contributed by atoms with E-state index >= 15 is 0 Å². The molecule has 2 atom stereocenters. The summed E-state index contributed by atoms with van der Waals surface area (Å²) < 4.78 is 37.9. The van der Waals surface area contributed by atoms with E-state index in [0.717, 1.165) is 12.5 Å².